The van der Waals surface area contributed by atoms with E-state index < -0.39 is 17.9 Å². The van der Waals surface area contributed by atoms with Crippen LogP contribution in [0.25, 0.3) is 0 Å². The third kappa shape index (κ3) is 11.5. The van der Waals surface area contributed by atoms with Gasteiger partial charge in [-0.15, -0.1) is 0 Å². The predicted octanol–water partition coefficient (Wildman–Crippen LogP) is 8.32. The number of benzene rings is 4. The van der Waals surface area contributed by atoms with Crippen molar-refractivity contribution in [1.82, 2.24) is 5.32 Å². The lowest BCUT2D eigenvalue weighted by Crippen LogP contribution is -2.41. The molecule has 0 saturated carbocycles. The fourth-order valence-electron chi connectivity index (χ4n) is 5.41. The fraction of sp³-hybridized carbons (Fsp3) is 0.317. The molecular formula is C41H46N2O6. The molecule has 2 atom stereocenters. The number of hydrogen-bond acceptors (Lipinski definition) is 6. The highest BCUT2D eigenvalue weighted by atomic mass is 16.5. The van der Waals surface area contributed by atoms with E-state index in [4.69, 9.17) is 9.47 Å². The molecule has 2 N–H and O–H groups in total. The summed E-state index contributed by atoms with van der Waals surface area (Å²) >= 11 is 0. The summed E-state index contributed by atoms with van der Waals surface area (Å²) in [5.41, 5.74) is 3.09. The van der Waals surface area contributed by atoms with Crippen LogP contribution in [-0.4, -0.2) is 36.2 Å². The van der Waals surface area contributed by atoms with Crippen molar-refractivity contribution >= 4 is 29.3 Å². The number of anilines is 1. The highest BCUT2D eigenvalue weighted by molar-refractivity contribution is 5.99. The molecule has 4 aromatic rings. The van der Waals surface area contributed by atoms with E-state index in [1.165, 1.54) is 26.2 Å². The lowest BCUT2D eigenvalue weighted by molar-refractivity contribution is -0.119. The summed E-state index contributed by atoms with van der Waals surface area (Å²) in [6, 6.07) is 29.2. The number of carbonyl (C=O) groups excluding carboxylic acids is 4. The Kier molecular flexibility index (Phi) is 14.1. The maximum atomic E-state index is 13.0. The maximum Gasteiger partial charge on any atom is 0.343 e. The summed E-state index contributed by atoms with van der Waals surface area (Å²) in [5, 5.41) is 5.74. The quantitative estimate of drug-likeness (QED) is 0.0630. The number of amides is 2. The second-order valence-corrected chi connectivity index (χ2v) is 12.1. The number of hydrogen-bond donors (Lipinski definition) is 2. The molecule has 0 heterocycles. The first-order valence-corrected chi connectivity index (χ1v) is 17.1. The van der Waals surface area contributed by atoms with Gasteiger partial charge in [0.1, 0.15) is 11.5 Å². The van der Waals surface area contributed by atoms with Gasteiger partial charge in [0.15, 0.2) is 5.78 Å². The molecule has 0 aliphatic rings. The number of unbranched alkanes of at least 4 members (excludes halogenated alkanes) is 4. The zero-order chi connectivity index (χ0) is 35.0. The van der Waals surface area contributed by atoms with Crippen molar-refractivity contribution in [3.05, 3.63) is 125 Å². The average molecular weight is 663 g/mol. The van der Waals surface area contributed by atoms with Crippen LogP contribution in [0.4, 0.5) is 5.69 Å². The lowest BCUT2D eigenvalue weighted by atomic mass is 9.95. The van der Waals surface area contributed by atoms with Crippen LogP contribution in [0.5, 0.6) is 11.5 Å². The smallest absolute Gasteiger partial charge is 0.343 e. The Bertz CT molecular complexity index is 1650. The third-order valence-corrected chi connectivity index (χ3v) is 8.32. The molecule has 2 amide bonds. The van der Waals surface area contributed by atoms with Crippen molar-refractivity contribution in [2.75, 3.05) is 11.9 Å². The van der Waals surface area contributed by atoms with Gasteiger partial charge in [-0.3, -0.25) is 14.4 Å². The molecule has 0 spiro atoms. The summed E-state index contributed by atoms with van der Waals surface area (Å²) in [7, 11) is 0. The minimum Gasteiger partial charge on any atom is -0.494 e. The molecule has 4 aromatic carbocycles. The van der Waals surface area contributed by atoms with E-state index >= 15 is 0 Å². The molecule has 8 heteroatoms. The van der Waals surface area contributed by atoms with Crippen LogP contribution in [0.1, 0.15) is 97.1 Å². The minimum absolute atomic E-state index is 0.119. The summed E-state index contributed by atoms with van der Waals surface area (Å²) < 4.78 is 11.3. The summed E-state index contributed by atoms with van der Waals surface area (Å²) in [6.45, 7) is 6.24. The van der Waals surface area contributed by atoms with Crippen molar-refractivity contribution in [3.63, 3.8) is 0 Å². The molecule has 4 rings (SSSR count). The van der Waals surface area contributed by atoms with Crippen LogP contribution in [0.3, 0.4) is 0 Å². The summed E-state index contributed by atoms with van der Waals surface area (Å²) in [6.07, 6.45) is 6.74. The molecule has 256 valence electrons. The van der Waals surface area contributed by atoms with Crippen molar-refractivity contribution in [1.29, 1.82) is 0 Å². The SMILES string of the molecule is CCCCCCCOc1ccc(C(=O)Oc2ccc(C[C@H](NC(=O)c3ccc(NC(=O)C(CC)c4ccccc4)cc3)C(C)=O)cc2)cc1. The molecule has 0 aliphatic heterocycles. The van der Waals surface area contributed by atoms with Crippen LogP contribution in [0.2, 0.25) is 0 Å². The van der Waals surface area contributed by atoms with Crippen LogP contribution < -0.4 is 20.1 Å². The molecule has 8 nitrogen and oxygen atoms in total. The Morgan fingerprint density at radius 1 is 0.694 bits per heavy atom. The Labute approximate surface area is 289 Å². The Hall–Kier alpha value is -5.24. The second kappa shape index (κ2) is 18.9. The molecule has 0 saturated heterocycles. The van der Waals surface area contributed by atoms with Gasteiger partial charge in [-0.05, 0) is 98.0 Å². The molecule has 49 heavy (non-hydrogen) atoms. The van der Waals surface area contributed by atoms with E-state index in [0.717, 1.165) is 24.0 Å². The van der Waals surface area contributed by atoms with E-state index in [1.807, 2.05) is 37.3 Å². The molecule has 0 fully saturated rings. The predicted molar refractivity (Wildman–Crippen MR) is 192 cm³/mol. The maximum absolute atomic E-state index is 13.0. The monoisotopic (exact) mass is 662 g/mol. The van der Waals surface area contributed by atoms with E-state index in [9.17, 15) is 19.2 Å². The van der Waals surface area contributed by atoms with E-state index in [-0.39, 0.29) is 24.0 Å². The minimum atomic E-state index is -0.756. The second-order valence-electron chi connectivity index (χ2n) is 12.1. The van der Waals surface area contributed by atoms with Gasteiger partial charge in [0.05, 0.1) is 24.1 Å². The van der Waals surface area contributed by atoms with Crippen molar-refractivity contribution in [3.8, 4) is 11.5 Å². The fourth-order valence-corrected chi connectivity index (χ4v) is 5.41. The molecule has 0 radical (unpaired) electrons. The van der Waals surface area contributed by atoms with Gasteiger partial charge in [-0.25, -0.2) is 4.79 Å². The topological polar surface area (TPSA) is 111 Å². The first kappa shape index (κ1) is 36.6. The highest BCUT2D eigenvalue weighted by Crippen LogP contribution is 2.22. The number of rotatable bonds is 18. The molecule has 0 aromatic heterocycles. The number of carbonyl (C=O) groups is 4. The number of esters is 1. The molecule has 1 unspecified atom stereocenters. The normalized spacial score (nSPS) is 12.0. The van der Waals surface area contributed by atoms with Gasteiger partial charge >= 0.3 is 5.97 Å². The van der Waals surface area contributed by atoms with Gasteiger partial charge in [0.25, 0.3) is 5.91 Å². The Morgan fingerprint density at radius 2 is 1.33 bits per heavy atom. The van der Waals surface area contributed by atoms with Crippen LogP contribution in [0.15, 0.2) is 103 Å². The van der Waals surface area contributed by atoms with Gasteiger partial charge in [-0.1, -0.05) is 82.0 Å². The van der Waals surface area contributed by atoms with Crippen molar-refractivity contribution in [2.45, 2.75) is 77.7 Å². The standard InChI is InChI=1S/C41H46N2O6/c1-4-6-7-8-12-27-48-35-25-19-33(20-26-35)41(47)49-36-23-15-30(16-24-36)28-38(29(3)44)43-39(45)32-17-21-34(22-18-32)42-40(46)37(5-2)31-13-10-9-11-14-31/h9-11,13-26,37-38H,4-8,12,27-28H2,1-3H3,(H,42,46)(H,43,45)/t37?,38-/m0/s1. The van der Waals surface area contributed by atoms with Gasteiger partial charge in [-0.2, -0.15) is 0 Å². The van der Waals surface area contributed by atoms with E-state index in [0.29, 0.717) is 41.3 Å². The summed E-state index contributed by atoms with van der Waals surface area (Å²) in [4.78, 5) is 51.1. The molecule has 0 bridgehead atoms. The molecular weight excluding hydrogens is 616 g/mol. The van der Waals surface area contributed by atoms with Gasteiger partial charge < -0.3 is 20.1 Å². The van der Waals surface area contributed by atoms with E-state index in [2.05, 4.69) is 17.6 Å². The van der Waals surface area contributed by atoms with E-state index in [1.54, 1.807) is 72.8 Å². The number of nitrogens with one attached hydrogen (secondary N) is 2. The molecule has 0 aliphatic carbocycles. The van der Waals surface area contributed by atoms with Gasteiger partial charge in [0.2, 0.25) is 5.91 Å². The highest BCUT2D eigenvalue weighted by Gasteiger charge is 2.21. The number of ketones is 1. The largest absolute Gasteiger partial charge is 0.494 e. The first-order chi connectivity index (χ1) is 23.8. The first-order valence-electron chi connectivity index (χ1n) is 17.1. The Balaban J connectivity index is 1.26. The van der Waals surface area contributed by atoms with Crippen LogP contribution >= 0.6 is 0 Å². The number of Topliss-reactive ketones (excluding diaryl/α,β-unsaturated/α-hetero) is 1. The van der Waals surface area contributed by atoms with Crippen molar-refractivity contribution in [2.24, 2.45) is 0 Å². The summed E-state index contributed by atoms with van der Waals surface area (Å²) in [5.74, 6) is -0.398. The average Bonchev–Trinajstić information content (AvgIpc) is 3.11. The zero-order valence-electron chi connectivity index (χ0n) is 28.6. The lowest BCUT2D eigenvalue weighted by Gasteiger charge is -2.17. The van der Waals surface area contributed by atoms with Gasteiger partial charge in [0, 0.05) is 11.3 Å². The van der Waals surface area contributed by atoms with Crippen molar-refractivity contribution < 1.29 is 28.7 Å². The van der Waals surface area contributed by atoms with Crippen LogP contribution in [-0.2, 0) is 16.0 Å². The third-order valence-electron chi connectivity index (χ3n) is 8.32. The number of ether oxygens (including phenoxy) is 2. The van der Waals surface area contributed by atoms with Crippen LogP contribution in [0, 0.1) is 0 Å². The Morgan fingerprint density at radius 3 is 1.96 bits per heavy atom. The zero-order valence-corrected chi connectivity index (χ0v) is 28.6.